The minimum atomic E-state index is -0.307. The van der Waals surface area contributed by atoms with Gasteiger partial charge in [0.15, 0.2) is 11.5 Å². The molecule has 1 fully saturated rings. The molecule has 0 aliphatic heterocycles. The molecule has 1 saturated carbocycles. The van der Waals surface area contributed by atoms with Gasteiger partial charge in [0.05, 0.1) is 29.1 Å². The molecule has 4 aromatic heterocycles. The molecule has 0 bridgehead atoms. The van der Waals surface area contributed by atoms with Crippen molar-refractivity contribution in [3.8, 4) is 22.7 Å². The summed E-state index contributed by atoms with van der Waals surface area (Å²) < 4.78 is 7.33. The lowest BCUT2D eigenvalue weighted by molar-refractivity contribution is 0.386. The smallest absolute Gasteiger partial charge is 0.261 e. The summed E-state index contributed by atoms with van der Waals surface area (Å²) in [5.74, 6) is 1.71. The van der Waals surface area contributed by atoms with Crippen LogP contribution in [0, 0.1) is 5.92 Å². The number of aryl methyl sites for hydroxylation is 1. The Kier molecular flexibility index (Phi) is 3.83. The zero-order chi connectivity index (χ0) is 21.0. The SMILES string of the molecule is Cn1cc(-c2nc(C(C)(c3ccc(-c4cnc5[nH]ccc5n4)cc3)C3CC3)no2)cn1. The van der Waals surface area contributed by atoms with E-state index in [1.54, 1.807) is 17.1 Å². The van der Waals surface area contributed by atoms with E-state index in [4.69, 9.17) is 14.5 Å². The first-order valence-corrected chi connectivity index (χ1v) is 10.4. The number of hydrogen-bond acceptors (Lipinski definition) is 6. The molecule has 1 unspecified atom stereocenters. The maximum Gasteiger partial charge on any atom is 0.261 e. The highest BCUT2D eigenvalue weighted by Gasteiger charge is 2.47. The number of fused-ring (bicyclic) bond motifs is 1. The molecule has 154 valence electrons. The van der Waals surface area contributed by atoms with Gasteiger partial charge in [-0.15, -0.1) is 0 Å². The molecule has 8 nitrogen and oxygen atoms in total. The van der Waals surface area contributed by atoms with E-state index in [1.807, 2.05) is 25.5 Å². The maximum absolute atomic E-state index is 5.60. The molecule has 1 N–H and O–H groups in total. The van der Waals surface area contributed by atoms with Crippen molar-refractivity contribution in [3.05, 3.63) is 66.5 Å². The van der Waals surface area contributed by atoms with Crippen molar-refractivity contribution in [1.29, 1.82) is 0 Å². The highest BCUT2D eigenvalue weighted by atomic mass is 16.5. The molecular weight excluding hydrogens is 390 g/mol. The second-order valence-corrected chi connectivity index (χ2v) is 8.35. The van der Waals surface area contributed by atoms with Crippen LogP contribution in [0.2, 0.25) is 0 Å². The summed E-state index contributed by atoms with van der Waals surface area (Å²) in [6, 6.07) is 10.4. The summed E-state index contributed by atoms with van der Waals surface area (Å²) in [6.45, 7) is 2.21. The summed E-state index contributed by atoms with van der Waals surface area (Å²) in [5.41, 5.74) is 5.23. The second-order valence-electron chi connectivity index (χ2n) is 8.35. The van der Waals surface area contributed by atoms with Gasteiger partial charge in [-0.3, -0.25) is 4.68 Å². The third-order valence-electron chi connectivity index (χ3n) is 6.28. The molecule has 6 rings (SSSR count). The van der Waals surface area contributed by atoms with Gasteiger partial charge in [0.25, 0.3) is 5.89 Å². The molecule has 1 aliphatic rings. The first-order valence-electron chi connectivity index (χ1n) is 10.4. The Labute approximate surface area is 178 Å². The van der Waals surface area contributed by atoms with Crippen molar-refractivity contribution >= 4 is 11.2 Å². The fourth-order valence-corrected chi connectivity index (χ4v) is 4.25. The van der Waals surface area contributed by atoms with E-state index in [2.05, 4.69) is 51.4 Å². The molecule has 31 heavy (non-hydrogen) atoms. The van der Waals surface area contributed by atoms with Gasteiger partial charge in [-0.1, -0.05) is 29.4 Å². The average molecular weight is 411 g/mol. The molecule has 0 amide bonds. The van der Waals surface area contributed by atoms with Crippen LogP contribution in [0.3, 0.4) is 0 Å². The monoisotopic (exact) mass is 411 g/mol. The molecule has 0 saturated heterocycles. The molecule has 1 aliphatic carbocycles. The van der Waals surface area contributed by atoms with Crippen LogP contribution in [-0.4, -0.2) is 34.9 Å². The Morgan fingerprint density at radius 1 is 1.06 bits per heavy atom. The van der Waals surface area contributed by atoms with Gasteiger partial charge in [-0.05, 0) is 37.3 Å². The van der Waals surface area contributed by atoms with Crippen LogP contribution in [0.5, 0.6) is 0 Å². The van der Waals surface area contributed by atoms with Gasteiger partial charge in [0.2, 0.25) is 0 Å². The van der Waals surface area contributed by atoms with Gasteiger partial charge in [0.1, 0.15) is 5.52 Å². The Hall–Kier alpha value is -3.81. The number of rotatable bonds is 5. The Morgan fingerprint density at radius 2 is 1.90 bits per heavy atom. The van der Waals surface area contributed by atoms with Crippen LogP contribution in [0.15, 0.2) is 59.6 Å². The van der Waals surface area contributed by atoms with Crippen molar-refractivity contribution in [2.75, 3.05) is 0 Å². The lowest BCUT2D eigenvalue weighted by atomic mass is 9.77. The van der Waals surface area contributed by atoms with E-state index in [-0.39, 0.29) is 5.41 Å². The third kappa shape index (κ3) is 2.94. The van der Waals surface area contributed by atoms with Crippen molar-refractivity contribution in [1.82, 2.24) is 34.9 Å². The van der Waals surface area contributed by atoms with Crippen LogP contribution in [0.1, 0.15) is 31.2 Å². The molecule has 0 spiro atoms. The quantitative estimate of drug-likeness (QED) is 0.467. The van der Waals surface area contributed by atoms with Crippen molar-refractivity contribution in [2.24, 2.45) is 13.0 Å². The van der Waals surface area contributed by atoms with Gasteiger partial charge in [-0.25, -0.2) is 9.97 Å². The van der Waals surface area contributed by atoms with E-state index in [9.17, 15) is 0 Å². The molecule has 5 aromatic rings. The van der Waals surface area contributed by atoms with E-state index in [0.29, 0.717) is 11.8 Å². The minimum absolute atomic E-state index is 0.307. The Bertz CT molecular complexity index is 1380. The van der Waals surface area contributed by atoms with Crippen LogP contribution in [-0.2, 0) is 12.5 Å². The normalized spacial score (nSPS) is 15.9. The van der Waals surface area contributed by atoms with E-state index in [0.717, 1.165) is 46.7 Å². The third-order valence-corrected chi connectivity index (χ3v) is 6.28. The molecule has 1 aromatic carbocycles. The topological polar surface area (TPSA) is 98.3 Å². The van der Waals surface area contributed by atoms with E-state index < -0.39 is 0 Å². The fraction of sp³-hybridized carbons (Fsp3) is 0.261. The fourth-order valence-electron chi connectivity index (χ4n) is 4.25. The number of benzene rings is 1. The molecule has 4 heterocycles. The number of nitrogens with one attached hydrogen (secondary N) is 1. The van der Waals surface area contributed by atoms with Crippen LogP contribution >= 0.6 is 0 Å². The summed E-state index contributed by atoms with van der Waals surface area (Å²) in [4.78, 5) is 17.0. The molecule has 0 radical (unpaired) electrons. The number of aromatic nitrogens is 7. The number of aromatic amines is 1. The van der Waals surface area contributed by atoms with E-state index >= 15 is 0 Å². The molecular formula is C23H21N7O. The Morgan fingerprint density at radius 3 is 2.65 bits per heavy atom. The van der Waals surface area contributed by atoms with Crippen molar-refractivity contribution < 1.29 is 4.52 Å². The zero-order valence-corrected chi connectivity index (χ0v) is 17.3. The average Bonchev–Trinajstić information content (AvgIpc) is 3.17. The predicted molar refractivity (Wildman–Crippen MR) is 115 cm³/mol. The van der Waals surface area contributed by atoms with Gasteiger partial charge in [-0.2, -0.15) is 10.1 Å². The van der Waals surface area contributed by atoms with Crippen LogP contribution < -0.4 is 0 Å². The first-order chi connectivity index (χ1) is 15.1. The van der Waals surface area contributed by atoms with Crippen molar-refractivity contribution in [2.45, 2.75) is 25.2 Å². The molecule has 8 heteroatoms. The first kappa shape index (κ1) is 18.0. The number of H-pyrrole nitrogens is 1. The summed E-state index contributed by atoms with van der Waals surface area (Å²) in [5, 5.41) is 8.57. The largest absolute Gasteiger partial charge is 0.345 e. The maximum atomic E-state index is 5.60. The second kappa shape index (κ2) is 6.60. The van der Waals surface area contributed by atoms with Gasteiger partial charge in [0, 0.05) is 25.0 Å². The van der Waals surface area contributed by atoms with Gasteiger partial charge < -0.3 is 9.51 Å². The number of hydrogen-bond donors (Lipinski definition) is 1. The lowest BCUT2D eigenvalue weighted by Gasteiger charge is -2.26. The Balaban J connectivity index is 1.36. The van der Waals surface area contributed by atoms with Gasteiger partial charge >= 0.3 is 0 Å². The number of nitrogens with zero attached hydrogens (tertiary/aromatic N) is 6. The highest BCUT2D eigenvalue weighted by molar-refractivity contribution is 5.74. The summed E-state index contributed by atoms with van der Waals surface area (Å²) in [6.07, 6.45) is 9.58. The summed E-state index contributed by atoms with van der Waals surface area (Å²) >= 11 is 0. The van der Waals surface area contributed by atoms with Crippen molar-refractivity contribution in [3.63, 3.8) is 0 Å². The van der Waals surface area contributed by atoms with Crippen LogP contribution in [0.25, 0.3) is 33.9 Å². The molecule has 1 atom stereocenters. The summed E-state index contributed by atoms with van der Waals surface area (Å²) in [7, 11) is 1.87. The van der Waals surface area contributed by atoms with E-state index in [1.165, 1.54) is 5.56 Å². The minimum Gasteiger partial charge on any atom is -0.345 e. The predicted octanol–water partition coefficient (Wildman–Crippen LogP) is 4.12. The zero-order valence-electron chi connectivity index (χ0n) is 17.3. The highest BCUT2D eigenvalue weighted by Crippen LogP contribution is 2.50. The van der Waals surface area contributed by atoms with Crippen LogP contribution in [0.4, 0.5) is 0 Å². The standard InChI is InChI=1S/C23H21N7O/c1-23(17-7-8-17,22-28-21(31-29-22)15-11-26-30(2)13-15)16-5-3-14(4-6-16)19-12-25-20-18(27-19)9-10-24-20/h3-6,9-13,17H,7-8H2,1-2H3,(H,24,25). The lowest BCUT2D eigenvalue weighted by Crippen LogP contribution is -2.28.